The molecule has 0 atom stereocenters. The molecule has 0 saturated carbocycles. The van der Waals surface area contributed by atoms with E-state index in [2.05, 4.69) is 4.74 Å². The third kappa shape index (κ3) is 3.82. The molecule has 0 spiro atoms. The maximum absolute atomic E-state index is 12.7. The summed E-state index contributed by atoms with van der Waals surface area (Å²) in [5, 5.41) is 0. The predicted octanol–water partition coefficient (Wildman–Crippen LogP) is 3.23. The highest BCUT2D eigenvalue weighted by atomic mass is 19.1. The Labute approximate surface area is 117 Å². The number of esters is 1. The van der Waals surface area contributed by atoms with Crippen LogP contribution in [0.5, 0.6) is 5.75 Å². The molecule has 0 amide bonds. The molecule has 0 N–H and O–H groups in total. The van der Waals surface area contributed by atoms with E-state index >= 15 is 0 Å². The summed E-state index contributed by atoms with van der Waals surface area (Å²) in [4.78, 5) is 11.3. The number of ether oxygens (including phenoxy) is 2. The van der Waals surface area contributed by atoms with Crippen molar-refractivity contribution in [3.8, 4) is 5.75 Å². The highest BCUT2D eigenvalue weighted by Gasteiger charge is 2.04. The molecule has 0 aliphatic rings. The van der Waals surface area contributed by atoms with Crippen LogP contribution in [0.4, 0.5) is 4.39 Å². The lowest BCUT2D eigenvalue weighted by atomic mass is 10.1. The minimum Gasteiger partial charge on any atom is -0.493 e. The maximum atomic E-state index is 12.7. The first kappa shape index (κ1) is 14.1. The van der Waals surface area contributed by atoms with Gasteiger partial charge in [-0.1, -0.05) is 12.1 Å². The summed E-state index contributed by atoms with van der Waals surface area (Å²) >= 11 is 0. The van der Waals surface area contributed by atoms with Crippen LogP contribution in [0, 0.1) is 5.82 Å². The van der Waals surface area contributed by atoms with Gasteiger partial charge in [-0.15, -0.1) is 0 Å². The standard InChI is InChI=1S/C16H15FO3/c1-19-16(18)13-4-2-12(3-5-13)10-11-20-15-8-6-14(17)7-9-15/h2-9H,10-11H2,1H3. The Morgan fingerprint density at radius 2 is 1.70 bits per heavy atom. The fourth-order valence-electron chi connectivity index (χ4n) is 1.74. The molecule has 2 aromatic carbocycles. The minimum atomic E-state index is -0.348. The van der Waals surface area contributed by atoms with Gasteiger partial charge in [-0.2, -0.15) is 0 Å². The van der Waals surface area contributed by atoms with Gasteiger partial charge in [-0.3, -0.25) is 0 Å². The van der Waals surface area contributed by atoms with E-state index in [0.29, 0.717) is 24.3 Å². The summed E-state index contributed by atoms with van der Waals surface area (Å²) in [5.74, 6) is 0.00689. The molecule has 0 saturated heterocycles. The van der Waals surface area contributed by atoms with E-state index in [0.717, 1.165) is 5.56 Å². The zero-order valence-electron chi connectivity index (χ0n) is 11.1. The van der Waals surface area contributed by atoms with Gasteiger partial charge in [-0.05, 0) is 42.0 Å². The van der Waals surface area contributed by atoms with Crippen LogP contribution >= 0.6 is 0 Å². The van der Waals surface area contributed by atoms with Crippen molar-refractivity contribution in [1.29, 1.82) is 0 Å². The van der Waals surface area contributed by atoms with Crippen molar-refractivity contribution in [3.05, 3.63) is 65.5 Å². The first-order chi connectivity index (χ1) is 9.69. The number of rotatable bonds is 5. The van der Waals surface area contributed by atoms with Crippen molar-refractivity contribution in [3.63, 3.8) is 0 Å². The van der Waals surface area contributed by atoms with Gasteiger partial charge in [0.15, 0.2) is 0 Å². The zero-order chi connectivity index (χ0) is 14.4. The summed E-state index contributed by atoms with van der Waals surface area (Å²) in [7, 11) is 1.35. The number of carbonyl (C=O) groups is 1. The van der Waals surface area contributed by atoms with Gasteiger partial charge >= 0.3 is 5.97 Å². The normalized spacial score (nSPS) is 10.1. The van der Waals surface area contributed by atoms with E-state index in [-0.39, 0.29) is 11.8 Å². The van der Waals surface area contributed by atoms with Crippen molar-refractivity contribution in [2.45, 2.75) is 6.42 Å². The molecule has 0 radical (unpaired) electrons. The van der Waals surface area contributed by atoms with Crippen LogP contribution in [0.3, 0.4) is 0 Å². The second kappa shape index (κ2) is 6.70. The quantitative estimate of drug-likeness (QED) is 0.785. The van der Waals surface area contributed by atoms with Crippen LogP contribution in [-0.2, 0) is 11.2 Å². The van der Waals surface area contributed by atoms with Crippen molar-refractivity contribution in [1.82, 2.24) is 0 Å². The van der Waals surface area contributed by atoms with Crippen molar-refractivity contribution < 1.29 is 18.7 Å². The second-order valence-electron chi connectivity index (χ2n) is 4.24. The van der Waals surface area contributed by atoms with Crippen LogP contribution in [-0.4, -0.2) is 19.7 Å². The van der Waals surface area contributed by atoms with Gasteiger partial charge in [0.1, 0.15) is 11.6 Å². The molecule has 2 rings (SSSR count). The summed E-state index contributed by atoms with van der Waals surface area (Å²) in [6.07, 6.45) is 0.707. The van der Waals surface area contributed by atoms with Gasteiger partial charge < -0.3 is 9.47 Å². The minimum absolute atomic E-state index is 0.282. The van der Waals surface area contributed by atoms with E-state index in [1.165, 1.54) is 19.2 Å². The molecular formula is C16H15FO3. The number of hydrogen-bond acceptors (Lipinski definition) is 3. The summed E-state index contributed by atoms with van der Waals surface area (Å²) in [6, 6.07) is 13.1. The molecular weight excluding hydrogens is 259 g/mol. The molecule has 2 aromatic rings. The average molecular weight is 274 g/mol. The highest BCUT2D eigenvalue weighted by molar-refractivity contribution is 5.89. The number of methoxy groups -OCH3 is 1. The molecule has 0 aromatic heterocycles. The zero-order valence-corrected chi connectivity index (χ0v) is 11.1. The van der Waals surface area contributed by atoms with Gasteiger partial charge in [-0.25, -0.2) is 9.18 Å². The van der Waals surface area contributed by atoms with E-state index in [9.17, 15) is 9.18 Å². The van der Waals surface area contributed by atoms with Crippen LogP contribution < -0.4 is 4.74 Å². The highest BCUT2D eigenvalue weighted by Crippen LogP contribution is 2.12. The number of hydrogen-bond donors (Lipinski definition) is 0. The van der Waals surface area contributed by atoms with E-state index in [1.54, 1.807) is 24.3 Å². The molecule has 104 valence electrons. The van der Waals surface area contributed by atoms with Crippen LogP contribution in [0.1, 0.15) is 15.9 Å². The number of carbonyl (C=O) groups excluding carboxylic acids is 1. The fourth-order valence-corrected chi connectivity index (χ4v) is 1.74. The first-order valence-corrected chi connectivity index (χ1v) is 6.24. The van der Waals surface area contributed by atoms with Crippen molar-refractivity contribution in [2.24, 2.45) is 0 Å². The van der Waals surface area contributed by atoms with Gasteiger partial charge in [0.05, 0.1) is 19.3 Å². The van der Waals surface area contributed by atoms with Gasteiger partial charge in [0.2, 0.25) is 0 Å². The molecule has 0 bridgehead atoms. The first-order valence-electron chi connectivity index (χ1n) is 6.24. The molecule has 4 heteroatoms. The summed E-state index contributed by atoms with van der Waals surface area (Å²) in [6.45, 7) is 0.489. The molecule has 20 heavy (non-hydrogen) atoms. The number of benzene rings is 2. The Balaban J connectivity index is 1.85. The Hall–Kier alpha value is -2.36. The second-order valence-corrected chi connectivity index (χ2v) is 4.24. The lowest BCUT2D eigenvalue weighted by Gasteiger charge is -2.06. The van der Waals surface area contributed by atoms with Crippen LogP contribution in [0.25, 0.3) is 0 Å². The van der Waals surface area contributed by atoms with Crippen molar-refractivity contribution >= 4 is 5.97 Å². The molecule has 0 unspecified atom stereocenters. The Morgan fingerprint density at radius 3 is 2.30 bits per heavy atom. The van der Waals surface area contributed by atoms with Gasteiger partial charge in [0, 0.05) is 6.42 Å². The third-order valence-electron chi connectivity index (χ3n) is 2.85. The lowest BCUT2D eigenvalue weighted by Crippen LogP contribution is -2.03. The number of halogens is 1. The monoisotopic (exact) mass is 274 g/mol. The van der Waals surface area contributed by atoms with E-state index in [1.807, 2.05) is 12.1 Å². The SMILES string of the molecule is COC(=O)c1ccc(CCOc2ccc(F)cc2)cc1. The van der Waals surface area contributed by atoms with Gasteiger partial charge in [0.25, 0.3) is 0 Å². The van der Waals surface area contributed by atoms with Crippen molar-refractivity contribution in [2.75, 3.05) is 13.7 Å². The average Bonchev–Trinajstić information content (AvgIpc) is 2.49. The third-order valence-corrected chi connectivity index (χ3v) is 2.85. The molecule has 0 aliphatic heterocycles. The Bertz CT molecular complexity index is 561. The topological polar surface area (TPSA) is 35.5 Å². The van der Waals surface area contributed by atoms with Crippen LogP contribution in [0.15, 0.2) is 48.5 Å². The predicted molar refractivity (Wildman–Crippen MR) is 73.4 cm³/mol. The largest absolute Gasteiger partial charge is 0.493 e. The lowest BCUT2D eigenvalue weighted by molar-refractivity contribution is 0.0600. The van der Waals surface area contributed by atoms with Crippen LogP contribution in [0.2, 0.25) is 0 Å². The Kier molecular flexibility index (Phi) is 4.71. The maximum Gasteiger partial charge on any atom is 0.337 e. The molecule has 0 heterocycles. The Morgan fingerprint density at radius 1 is 1.05 bits per heavy atom. The van der Waals surface area contributed by atoms with E-state index in [4.69, 9.17) is 4.74 Å². The van der Waals surface area contributed by atoms with E-state index < -0.39 is 0 Å². The molecule has 0 aliphatic carbocycles. The summed E-state index contributed by atoms with van der Waals surface area (Å²) < 4.78 is 22.8. The summed E-state index contributed by atoms with van der Waals surface area (Å²) in [5.41, 5.74) is 1.58. The smallest absolute Gasteiger partial charge is 0.337 e. The molecule has 3 nitrogen and oxygen atoms in total. The fraction of sp³-hybridized carbons (Fsp3) is 0.188. The molecule has 0 fully saturated rings.